The lowest BCUT2D eigenvalue weighted by Crippen LogP contribution is -2.41. The lowest BCUT2D eigenvalue weighted by atomic mass is 9.68. The first-order valence-electron chi connectivity index (χ1n) is 8.61. The molecular weight excluding hydrogens is 280 g/mol. The first kappa shape index (κ1) is 15.3. The summed E-state index contributed by atoms with van der Waals surface area (Å²) >= 11 is 1.71. The molecule has 1 saturated heterocycles. The van der Waals surface area contributed by atoms with E-state index in [0.717, 1.165) is 41.6 Å². The van der Waals surface area contributed by atoms with Gasteiger partial charge in [0, 0.05) is 13.1 Å². The van der Waals surface area contributed by atoms with Crippen molar-refractivity contribution in [2.24, 2.45) is 5.41 Å². The average molecular weight is 308 g/mol. The van der Waals surface area contributed by atoms with E-state index in [9.17, 15) is 5.11 Å². The summed E-state index contributed by atoms with van der Waals surface area (Å²) in [7, 11) is 0. The van der Waals surface area contributed by atoms with Crippen LogP contribution in [0.2, 0.25) is 0 Å². The third-order valence-corrected chi connectivity index (χ3v) is 6.55. The monoisotopic (exact) mass is 308 g/mol. The summed E-state index contributed by atoms with van der Waals surface area (Å²) in [5.74, 6) is 0. The van der Waals surface area contributed by atoms with Crippen LogP contribution in [0.25, 0.3) is 0 Å². The molecule has 1 saturated carbocycles. The highest BCUT2D eigenvalue weighted by Gasteiger charge is 2.36. The maximum atomic E-state index is 9.51. The van der Waals surface area contributed by atoms with E-state index in [2.05, 4.69) is 11.8 Å². The summed E-state index contributed by atoms with van der Waals surface area (Å²) in [5.41, 5.74) is 1.77. The lowest BCUT2D eigenvalue weighted by molar-refractivity contribution is 0.144. The topological polar surface area (TPSA) is 36.4 Å². The first-order chi connectivity index (χ1) is 10.3. The predicted octanol–water partition coefficient (Wildman–Crippen LogP) is 4.14. The summed E-state index contributed by atoms with van der Waals surface area (Å²) in [6.45, 7) is 4.63. The van der Waals surface area contributed by atoms with Gasteiger partial charge in [0.25, 0.3) is 0 Å². The maximum Gasteiger partial charge on any atom is 0.185 e. The number of hydrogen-bond acceptors (Lipinski definition) is 4. The van der Waals surface area contributed by atoms with Gasteiger partial charge in [0.2, 0.25) is 0 Å². The van der Waals surface area contributed by atoms with Crippen molar-refractivity contribution in [3.63, 3.8) is 0 Å². The third kappa shape index (κ3) is 3.26. The van der Waals surface area contributed by atoms with E-state index in [1.165, 1.54) is 44.9 Å². The second kappa shape index (κ2) is 6.66. The highest BCUT2D eigenvalue weighted by atomic mass is 32.1. The Labute approximate surface area is 132 Å². The number of aryl methyl sites for hydroxylation is 1. The molecule has 1 aliphatic heterocycles. The molecule has 3 nitrogen and oxygen atoms in total. The van der Waals surface area contributed by atoms with Crippen LogP contribution in [-0.4, -0.2) is 23.2 Å². The minimum atomic E-state index is 0.144. The Bertz CT molecular complexity index is 455. The van der Waals surface area contributed by atoms with Crippen molar-refractivity contribution >= 4 is 16.5 Å². The minimum absolute atomic E-state index is 0.144. The Kier molecular flexibility index (Phi) is 4.85. The number of aliphatic hydroxyl groups is 1. The second-order valence-electron chi connectivity index (χ2n) is 6.82. The Morgan fingerprint density at radius 2 is 1.86 bits per heavy atom. The van der Waals surface area contributed by atoms with Gasteiger partial charge in [0.1, 0.15) is 0 Å². The van der Waals surface area contributed by atoms with Crippen LogP contribution in [0.5, 0.6) is 0 Å². The van der Waals surface area contributed by atoms with Crippen molar-refractivity contribution in [2.75, 3.05) is 18.0 Å². The SMILES string of the molecule is CCCc1nc(N2CCC3(CCCCC3)CC2)sc1CO. The number of anilines is 1. The fourth-order valence-corrected chi connectivity index (χ4v) is 5.05. The van der Waals surface area contributed by atoms with Gasteiger partial charge in [0.05, 0.1) is 17.2 Å². The van der Waals surface area contributed by atoms with Crippen LogP contribution in [-0.2, 0) is 13.0 Å². The number of aromatic nitrogens is 1. The van der Waals surface area contributed by atoms with E-state index in [1.807, 2.05) is 0 Å². The highest BCUT2D eigenvalue weighted by Crippen LogP contribution is 2.45. The van der Waals surface area contributed by atoms with Gasteiger partial charge >= 0.3 is 0 Å². The summed E-state index contributed by atoms with van der Waals surface area (Å²) < 4.78 is 0. The van der Waals surface area contributed by atoms with Crippen LogP contribution >= 0.6 is 11.3 Å². The smallest absolute Gasteiger partial charge is 0.185 e. The normalized spacial score (nSPS) is 21.9. The number of nitrogens with zero attached hydrogens (tertiary/aromatic N) is 2. The molecule has 3 rings (SSSR count). The van der Waals surface area contributed by atoms with E-state index in [0.29, 0.717) is 5.41 Å². The Morgan fingerprint density at radius 1 is 1.14 bits per heavy atom. The molecule has 2 fully saturated rings. The minimum Gasteiger partial charge on any atom is -0.391 e. The van der Waals surface area contributed by atoms with E-state index >= 15 is 0 Å². The van der Waals surface area contributed by atoms with Crippen LogP contribution < -0.4 is 4.90 Å². The van der Waals surface area contributed by atoms with Gasteiger partial charge in [-0.3, -0.25) is 0 Å². The second-order valence-corrected chi connectivity index (χ2v) is 7.88. The molecule has 118 valence electrons. The van der Waals surface area contributed by atoms with Gasteiger partial charge in [0.15, 0.2) is 5.13 Å². The third-order valence-electron chi connectivity index (χ3n) is 5.41. The van der Waals surface area contributed by atoms with Gasteiger partial charge in [-0.15, -0.1) is 0 Å². The van der Waals surface area contributed by atoms with Crippen molar-refractivity contribution in [2.45, 2.75) is 71.3 Å². The van der Waals surface area contributed by atoms with Crippen molar-refractivity contribution in [3.05, 3.63) is 10.6 Å². The van der Waals surface area contributed by atoms with Gasteiger partial charge in [-0.2, -0.15) is 0 Å². The molecule has 1 aliphatic carbocycles. The highest BCUT2D eigenvalue weighted by molar-refractivity contribution is 7.15. The fourth-order valence-electron chi connectivity index (χ4n) is 4.03. The molecule has 2 aliphatic rings. The summed E-state index contributed by atoms with van der Waals surface area (Å²) in [6, 6.07) is 0. The van der Waals surface area contributed by atoms with E-state index in [4.69, 9.17) is 4.98 Å². The lowest BCUT2D eigenvalue weighted by Gasteiger charge is -2.44. The molecule has 0 atom stereocenters. The molecule has 0 radical (unpaired) electrons. The molecule has 0 unspecified atom stereocenters. The first-order valence-corrected chi connectivity index (χ1v) is 9.42. The fraction of sp³-hybridized carbons (Fsp3) is 0.824. The molecule has 21 heavy (non-hydrogen) atoms. The molecule has 1 aromatic rings. The van der Waals surface area contributed by atoms with Gasteiger partial charge < -0.3 is 10.0 Å². The van der Waals surface area contributed by atoms with Crippen LogP contribution in [0.15, 0.2) is 0 Å². The van der Waals surface area contributed by atoms with Crippen LogP contribution in [0.1, 0.15) is 68.9 Å². The predicted molar refractivity (Wildman–Crippen MR) is 89.0 cm³/mol. The van der Waals surface area contributed by atoms with Crippen molar-refractivity contribution in [1.82, 2.24) is 4.98 Å². The van der Waals surface area contributed by atoms with Gasteiger partial charge in [-0.25, -0.2) is 4.98 Å². The Balaban J connectivity index is 1.66. The summed E-state index contributed by atoms with van der Waals surface area (Å²) in [5, 5.41) is 10.7. The van der Waals surface area contributed by atoms with Gasteiger partial charge in [-0.05, 0) is 37.5 Å². The molecular formula is C17H28N2OS. The largest absolute Gasteiger partial charge is 0.391 e. The zero-order valence-electron chi connectivity index (χ0n) is 13.2. The van der Waals surface area contributed by atoms with E-state index in [1.54, 1.807) is 11.3 Å². The molecule has 2 heterocycles. The number of hydrogen-bond donors (Lipinski definition) is 1. The van der Waals surface area contributed by atoms with Crippen LogP contribution in [0, 0.1) is 5.41 Å². The Hall–Kier alpha value is -0.610. The number of thiazole rings is 1. The Morgan fingerprint density at radius 3 is 2.48 bits per heavy atom. The van der Waals surface area contributed by atoms with Crippen molar-refractivity contribution in [1.29, 1.82) is 0 Å². The van der Waals surface area contributed by atoms with Crippen molar-refractivity contribution in [3.8, 4) is 0 Å². The average Bonchev–Trinajstić information content (AvgIpc) is 2.92. The summed E-state index contributed by atoms with van der Waals surface area (Å²) in [4.78, 5) is 8.35. The number of rotatable bonds is 4. The van der Waals surface area contributed by atoms with Crippen molar-refractivity contribution < 1.29 is 5.11 Å². The van der Waals surface area contributed by atoms with Crippen LogP contribution in [0.3, 0.4) is 0 Å². The molecule has 0 amide bonds. The number of piperidine rings is 1. The van der Waals surface area contributed by atoms with Gasteiger partial charge in [-0.1, -0.05) is 43.9 Å². The van der Waals surface area contributed by atoms with E-state index < -0.39 is 0 Å². The standard InChI is InChI=1S/C17H28N2OS/c1-2-6-14-15(13-20)21-16(18-14)19-11-9-17(10-12-19)7-4-3-5-8-17/h20H,2-13H2,1H3. The molecule has 1 N–H and O–H groups in total. The molecule has 0 bridgehead atoms. The molecule has 1 spiro atoms. The zero-order chi connectivity index (χ0) is 14.7. The zero-order valence-corrected chi connectivity index (χ0v) is 14.1. The molecule has 0 aromatic carbocycles. The van der Waals surface area contributed by atoms with E-state index in [-0.39, 0.29) is 6.61 Å². The number of aliphatic hydroxyl groups excluding tert-OH is 1. The maximum absolute atomic E-state index is 9.51. The quantitative estimate of drug-likeness (QED) is 0.908. The summed E-state index contributed by atoms with van der Waals surface area (Å²) in [6.07, 6.45) is 12.0. The van der Waals surface area contributed by atoms with Crippen LogP contribution in [0.4, 0.5) is 5.13 Å². The molecule has 4 heteroatoms. The molecule has 1 aromatic heterocycles.